The van der Waals surface area contributed by atoms with Crippen LogP contribution in [0.1, 0.15) is 5.56 Å². The zero-order chi connectivity index (χ0) is 7.68. The van der Waals surface area contributed by atoms with E-state index in [9.17, 15) is 0 Å². The van der Waals surface area contributed by atoms with Gasteiger partial charge in [-0.1, -0.05) is 29.4 Å². The Morgan fingerprint density at radius 3 is 3.18 bits per heavy atom. The minimum Gasteiger partial charge on any atom is -0.429 e. The van der Waals surface area contributed by atoms with Gasteiger partial charge in [-0.15, -0.1) is 6.07 Å². The summed E-state index contributed by atoms with van der Waals surface area (Å²) in [5.74, 6) is 3.72. The summed E-state index contributed by atoms with van der Waals surface area (Å²) in [6.45, 7) is 0.805. The Hall–Kier alpha value is -1.35. The summed E-state index contributed by atoms with van der Waals surface area (Å²) in [4.78, 5) is 4.09. The van der Waals surface area contributed by atoms with Crippen LogP contribution in [-0.2, 0) is 6.54 Å². The van der Waals surface area contributed by atoms with Gasteiger partial charge in [-0.3, -0.25) is 10.9 Å². The first kappa shape index (κ1) is 6.37. The Bertz CT molecular complexity index is 293. The molecule has 0 aliphatic carbocycles. The van der Waals surface area contributed by atoms with Crippen molar-refractivity contribution in [1.82, 2.24) is 5.01 Å². The maximum atomic E-state index is 4.09. The van der Waals surface area contributed by atoms with Gasteiger partial charge in [0.25, 0.3) is 0 Å². The van der Waals surface area contributed by atoms with Gasteiger partial charge >= 0.3 is 0 Å². The largest absolute Gasteiger partial charge is 0.429 e. The zero-order valence-electron chi connectivity index (χ0n) is 6.12. The van der Waals surface area contributed by atoms with Crippen LogP contribution in [0.3, 0.4) is 0 Å². The van der Waals surface area contributed by atoms with Crippen molar-refractivity contribution in [3.63, 3.8) is 0 Å². The molecule has 0 amide bonds. The highest BCUT2D eigenvalue weighted by atomic mass is 15.4. The number of benzene rings is 1. The van der Waals surface area contributed by atoms with Crippen LogP contribution in [0.25, 0.3) is 0 Å². The van der Waals surface area contributed by atoms with Gasteiger partial charge in [0.2, 0.25) is 0 Å². The quantitative estimate of drug-likeness (QED) is 0.523. The molecule has 0 saturated carbocycles. The normalized spacial score (nSPS) is 14.8. The van der Waals surface area contributed by atoms with Gasteiger partial charge in [0.05, 0.1) is 6.54 Å². The van der Waals surface area contributed by atoms with E-state index in [-0.39, 0.29) is 0 Å². The Morgan fingerprint density at radius 2 is 2.27 bits per heavy atom. The van der Waals surface area contributed by atoms with Crippen molar-refractivity contribution in [2.45, 2.75) is 6.54 Å². The number of quaternary nitrogens is 1. The van der Waals surface area contributed by atoms with Crippen LogP contribution in [0.4, 0.5) is 5.69 Å². The number of hydrogen-bond donors (Lipinski definition) is 1. The highest BCUT2D eigenvalue weighted by Crippen LogP contribution is 2.21. The molecule has 0 saturated heterocycles. The Morgan fingerprint density at radius 1 is 1.45 bits per heavy atom. The summed E-state index contributed by atoms with van der Waals surface area (Å²) in [5, 5.41) is 1.70. The Kier molecular flexibility index (Phi) is 1.36. The molecule has 1 aromatic carbocycles. The van der Waals surface area contributed by atoms with Crippen LogP contribution >= 0.6 is 0 Å². The molecular formula is C8H9N3. The van der Waals surface area contributed by atoms with E-state index in [0.717, 1.165) is 12.2 Å². The molecule has 3 heteroatoms. The Balaban J connectivity index is 2.46. The van der Waals surface area contributed by atoms with Crippen molar-refractivity contribution in [1.29, 1.82) is 0 Å². The molecule has 0 radical (unpaired) electrons. The summed E-state index contributed by atoms with van der Waals surface area (Å²) < 4.78 is 0. The van der Waals surface area contributed by atoms with E-state index >= 15 is 0 Å². The molecule has 56 valence electrons. The lowest BCUT2D eigenvalue weighted by atomic mass is 10.1. The topological polar surface area (TPSA) is 43.2 Å². The average molecular weight is 147 g/mol. The molecule has 11 heavy (non-hydrogen) atoms. The fourth-order valence-electron chi connectivity index (χ4n) is 1.12. The minimum atomic E-state index is 0.805. The third-order valence-electron chi connectivity index (χ3n) is 1.66. The lowest BCUT2D eigenvalue weighted by Gasteiger charge is -2.24. The molecule has 3 N–H and O–H groups in total. The number of nitrogens with zero attached hydrogens (tertiary/aromatic N) is 2. The van der Waals surface area contributed by atoms with Crippen molar-refractivity contribution < 1.29 is 5.84 Å². The third-order valence-corrected chi connectivity index (χ3v) is 1.66. The second-order valence-electron chi connectivity index (χ2n) is 2.54. The summed E-state index contributed by atoms with van der Waals surface area (Å²) in [6.07, 6.45) is 2.79. The first-order valence-electron chi connectivity index (χ1n) is 3.48. The molecule has 0 spiro atoms. The summed E-state index contributed by atoms with van der Waals surface area (Å²) in [7, 11) is 0. The SMILES string of the molecule is [NH3+]N1[C-]=Nc2ccccc2C1. The first-order valence-corrected chi connectivity index (χ1v) is 3.48. The summed E-state index contributed by atoms with van der Waals surface area (Å²) in [5.41, 5.74) is 2.22. The molecule has 0 bridgehead atoms. The standard InChI is InChI=1S/C8H8N3/c9-11-5-7-3-1-2-4-8(7)10-6-11/h1-4H,5,9H2/q-1/p+1. The van der Waals surface area contributed by atoms with Gasteiger partial charge in [-0.2, -0.15) is 0 Å². The molecule has 1 aromatic rings. The van der Waals surface area contributed by atoms with E-state index in [1.807, 2.05) is 18.2 Å². The second kappa shape index (κ2) is 2.36. The average Bonchev–Trinajstić information content (AvgIpc) is 2.04. The molecule has 1 aliphatic heterocycles. The van der Waals surface area contributed by atoms with Crippen molar-refractivity contribution in [2.75, 3.05) is 0 Å². The zero-order valence-corrected chi connectivity index (χ0v) is 6.12. The molecule has 0 fully saturated rings. The molecule has 0 atom stereocenters. The summed E-state index contributed by atoms with van der Waals surface area (Å²) in [6, 6.07) is 8.02. The van der Waals surface area contributed by atoms with Gasteiger partial charge in [-0.05, 0) is 6.34 Å². The fourth-order valence-corrected chi connectivity index (χ4v) is 1.12. The van der Waals surface area contributed by atoms with Crippen molar-refractivity contribution in [2.24, 2.45) is 4.99 Å². The number of rotatable bonds is 0. The van der Waals surface area contributed by atoms with E-state index in [2.05, 4.69) is 23.2 Å². The van der Waals surface area contributed by atoms with Crippen molar-refractivity contribution >= 4 is 12.0 Å². The smallest absolute Gasteiger partial charge is 0.0593 e. The van der Waals surface area contributed by atoms with Crippen LogP contribution in [0, 0.1) is 0 Å². The van der Waals surface area contributed by atoms with E-state index in [1.54, 1.807) is 5.01 Å². The molecular weight excluding hydrogens is 138 g/mol. The molecule has 0 aromatic heterocycles. The van der Waals surface area contributed by atoms with Gasteiger partial charge < -0.3 is 4.99 Å². The van der Waals surface area contributed by atoms with Crippen LogP contribution in [-0.4, -0.2) is 11.3 Å². The highest BCUT2D eigenvalue weighted by Gasteiger charge is 1.99. The lowest BCUT2D eigenvalue weighted by molar-refractivity contribution is -0.545. The predicted octanol–water partition coefficient (Wildman–Crippen LogP) is 0.196. The minimum absolute atomic E-state index is 0.805. The van der Waals surface area contributed by atoms with Crippen LogP contribution in [0.2, 0.25) is 0 Å². The predicted molar refractivity (Wildman–Crippen MR) is 42.0 cm³/mol. The van der Waals surface area contributed by atoms with Gasteiger partial charge in [0.1, 0.15) is 0 Å². The van der Waals surface area contributed by atoms with Crippen LogP contribution in [0.15, 0.2) is 29.3 Å². The van der Waals surface area contributed by atoms with Crippen molar-refractivity contribution in [3.05, 3.63) is 29.8 Å². The Labute approximate surface area is 65.1 Å². The maximum Gasteiger partial charge on any atom is 0.0593 e. The van der Waals surface area contributed by atoms with Crippen molar-refractivity contribution in [3.8, 4) is 0 Å². The number of fused-ring (bicyclic) bond motifs is 1. The van der Waals surface area contributed by atoms with E-state index in [4.69, 9.17) is 0 Å². The van der Waals surface area contributed by atoms with Gasteiger partial charge in [-0.25, -0.2) is 0 Å². The number of aliphatic imine (C=N–C) groups is 1. The monoisotopic (exact) mass is 147 g/mol. The highest BCUT2D eigenvalue weighted by molar-refractivity contribution is 5.65. The fraction of sp³-hybridized carbons (Fsp3) is 0.125. The molecule has 0 unspecified atom stereocenters. The molecule has 3 nitrogen and oxygen atoms in total. The third kappa shape index (κ3) is 1.10. The van der Waals surface area contributed by atoms with E-state index < -0.39 is 0 Å². The van der Waals surface area contributed by atoms with Crippen LogP contribution < -0.4 is 5.84 Å². The lowest BCUT2D eigenvalue weighted by Crippen LogP contribution is -2.66. The van der Waals surface area contributed by atoms with Crippen LogP contribution in [0.5, 0.6) is 0 Å². The molecule has 2 rings (SSSR count). The maximum absolute atomic E-state index is 4.09. The number of para-hydroxylation sites is 1. The van der Waals surface area contributed by atoms with Gasteiger partial charge in [0.15, 0.2) is 0 Å². The van der Waals surface area contributed by atoms with Gasteiger partial charge in [0, 0.05) is 0 Å². The molecule has 1 heterocycles. The molecule has 1 aliphatic rings. The first-order chi connectivity index (χ1) is 5.36. The number of hydrogen-bond acceptors (Lipinski definition) is 2. The van der Waals surface area contributed by atoms with E-state index in [0.29, 0.717) is 0 Å². The second-order valence-corrected chi connectivity index (χ2v) is 2.54. The van der Waals surface area contributed by atoms with E-state index in [1.165, 1.54) is 5.56 Å². The summed E-state index contributed by atoms with van der Waals surface area (Å²) >= 11 is 0.